The van der Waals surface area contributed by atoms with E-state index in [0.29, 0.717) is 27.8 Å². The molecular weight excluding hydrogens is 332 g/mol. The molecule has 0 radical (unpaired) electrons. The number of fused-ring (bicyclic) bond motifs is 1. The Hall–Kier alpha value is -2.44. The van der Waals surface area contributed by atoms with Gasteiger partial charge in [-0.05, 0) is 42.8 Å². The number of carbonyl (C=O) groups is 1. The number of ether oxygens (including phenoxy) is 2. The molecule has 6 nitrogen and oxygen atoms in total. The lowest BCUT2D eigenvalue weighted by atomic mass is 9.95. The lowest BCUT2D eigenvalue weighted by molar-refractivity contribution is 0.0597. The maximum Gasteiger partial charge on any atom is 0.319 e. The third-order valence-electron chi connectivity index (χ3n) is 3.67. The van der Waals surface area contributed by atoms with Gasteiger partial charge in [0.25, 0.3) is 0 Å². The van der Waals surface area contributed by atoms with Gasteiger partial charge < -0.3 is 25.2 Å². The smallest absolute Gasteiger partial charge is 0.319 e. The quantitative estimate of drug-likeness (QED) is 0.793. The van der Waals surface area contributed by atoms with Crippen molar-refractivity contribution in [2.75, 3.05) is 18.7 Å². The lowest BCUT2D eigenvalue weighted by Gasteiger charge is -2.24. The molecule has 1 aliphatic rings. The molecule has 2 aromatic carbocycles. The van der Waals surface area contributed by atoms with Crippen LogP contribution < -0.4 is 20.1 Å². The first-order chi connectivity index (χ1) is 11.4. The van der Waals surface area contributed by atoms with E-state index in [1.54, 1.807) is 49.4 Å². The molecule has 0 aromatic heterocycles. The highest BCUT2D eigenvalue weighted by Crippen LogP contribution is 2.35. The minimum Gasteiger partial charge on any atom is -0.454 e. The average Bonchev–Trinajstić information content (AvgIpc) is 3.01. The van der Waals surface area contributed by atoms with Crippen LogP contribution in [0.3, 0.4) is 0 Å². The summed E-state index contributed by atoms with van der Waals surface area (Å²) in [4.78, 5) is 12.0. The highest BCUT2D eigenvalue weighted by Gasteiger charge is 2.26. The van der Waals surface area contributed by atoms with Crippen molar-refractivity contribution in [3.05, 3.63) is 53.1 Å². The van der Waals surface area contributed by atoms with Crippen molar-refractivity contribution >= 4 is 23.3 Å². The van der Waals surface area contributed by atoms with Crippen molar-refractivity contribution in [1.29, 1.82) is 0 Å². The van der Waals surface area contributed by atoms with Crippen LogP contribution in [0.5, 0.6) is 11.5 Å². The standard InChI is InChI=1S/C17H17ClN2O4/c1-17(22,11-5-6-14-15(7-11)24-10-23-14)9-19-16(21)20-13-4-2-3-12(18)8-13/h2-8,22H,9-10H2,1H3,(H2,19,20,21). The van der Waals surface area contributed by atoms with Gasteiger partial charge in [0.15, 0.2) is 11.5 Å². The molecule has 7 heteroatoms. The Bertz CT molecular complexity index is 764. The summed E-state index contributed by atoms with van der Waals surface area (Å²) in [6.45, 7) is 1.81. The van der Waals surface area contributed by atoms with Crippen molar-refractivity contribution in [2.45, 2.75) is 12.5 Å². The summed E-state index contributed by atoms with van der Waals surface area (Å²) >= 11 is 5.87. The SMILES string of the molecule is CC(O)(CNC(=O)Nc1cccc(Cl)c1)c1ccc2c(c1)OCO2. The number of carbonyl (C=O) groups excluding carboxylic acids is 1. The Labute approximate surface area is 144 Å². The van der Waals surface area contributed by atoms with Gasteiger partial charge in [0.05, 0.1) is 6.54 Å². The van der Waals surface area contributed by atoms with Crippen molar-refractivity contribution in [1.82, 2.24) is 5.32 Å². The lowest BCUT2D eigenvalue weighted by Crippen LogP contribution is -2.40. The van der Waals surface area contributed by atoms with Gasteiger partial charge in [0, 0.05) is 10.7 Å². The number of hydrogen-bond acceptors (Lipinski definition) is 4. The van der Waals surface area contributed by atoms with Crippen LogP contribution in [-0.4, -0.2) is 24.5 Å². The molecule has 1 atom stereocenters. The second kappa shape index (κ2) is 6.59. The molecule has 1 aliphatic heterocycles. The molecule has 24 heavy (non-hydrogen) atoms. The van der Waals surface area contributed by atoms with Crippen LogP contribution >= 0.6 is 11.6 Å². The predicted molar refractivity (Wildman–Crippen MR) is 90.6 cm³/mol. The summed E-state index contributed by atoms with van der Waals surface area (Å²) in [6.07, 6.45) is 0. The van der Waals surface area contributed by atoms with Gasteiger partial charge >= 0.3 is 6.03 Å². The third-order valence-corrected chi connectivity index (χ3v) is 3.91. The summed E-state index contributed by atoms with van der Waals surface area (Å²) < 4.78 is 10.6. The Kier molecular flexibility index (Phi) is 4.51. The van der Waals surface area contributed by atoms with Crippen molar-refractivity contribution in [3.63, 3.8) is 0 Å². The number of halogens is 1. The summed E-state index contributed by atoms with van der Waals surface area (Å²) in [5, 5.41) is 16.4. The Morgan fingerprint density at radius 1 is 1.25 bits per heavy atom. The van der Waals surface area contributed by atoms with E-state index in [-0.39, 0.29) is 13.3 Å². The maximum absolute atomic E-state index is 12.0. The molecule has 1 heterocycles. The zero-order valence-electron chi connectivity index (χ0n) is 13.0. The molecular formula is C17H17ClN2O4. The largest absolute Gasteiger partial charge is 0.454 e. The second-order valence-electron chi connectivity index (χ2n) is 5.66. The van der Waals surface area contributed by atoms with Crippen LogP contribution in [0, 0.1) is 0 Å². The zero-order valence-corrected chi connectivity index (χ0v) is 13.8. The molecule has 1 unspecified atom stereocenters. The molecule has 0 spiro atoms. The number of urea groups is 1. The second-order valence-corrected chi connectivity index (χ2v) is 6.10. The minimum atomic E-state index is -1.26. The van der Waals surface area contributed by atoms with E-state index < -0.39 is 11.6 Å². The molecule has 126 valence electrons. The van der Waals surface area contributed by atoms with Crippen LogP contribution in [0.2, 0.25) is 5.02 Å². The molecule has 2 aromatic rings. The van der Waals surface area contributed by atoms with Gasteiger partial charge in [-0.25, -0.2) is 4.79 Å². The van der Waals surface area contributed by atoms with Crippen LogP contribution in [0.15, 0.2) is 42.5 Å². The molecule has 0 fully saturated rings. The van der Waals surface area contributed by atoms with E-state index in [1.807, 2.05) is 0 Å². The van der Waals surface area contributed by atoms with E-state index in [2.05, 4.69) is 10.6 Å². The van der Waals surface area contributed by atoms with Gasteiger partial charge in [-0.2, -0.15) is 0 Å². The first kappa shape index (κ1) is 16.4. The van der Waals surface area contributed by atoms with E-state index in [9.17, 15) is 9.90 Å². The van der Waals surface area contributed by atoms with Gasteiger partial charge in [-0.1, -0.05) is 23.7 Å². The fourth-order valence-corrected chi connectivity index (χ4v) is 2.52. The van der Waals surface area contributed by atoms with Crippen molar-refractivity contribution < 1.29 is 19.4 Å². The van der Waals surface area contributed by atoms with Crippen LogP contribution in [0.1, 0.15) is 12.5 Å². The van der Waals surface area contributed by atoms with Crippen molar-refractivity contribution in [3.8, 4) is 11.5 Å². The first-order valence-corrected chi connectivity index (χ1v) is 7.75. The molecule has 0 saturated heterocycles. The van der Waals surface area contributed by atoms with E-state index in [1.165, 1.54) is 0 Å². The molecule has 3 N–H and O–H groups in total. The number of aliphatic hydroxyl groups is 1. The fraction of sp³-hybridized carbons (Fsp3) is 0.235. The van der Waals surface area contributed by atoms with E-state index in [4.69, 9.17) is 21.1 Å². The number of benzene rings is 2. The summed E-state index contributed by atoms with van der Waals surface area (Å²) in [5.74, 6) is 1.22. The number of rotatable bonds is 4. The predicted octanol–water partition coefficient (Wildman–Crippen LogP) is 3.10. The topological polar surface area (TPSA) is 79.8 Å². The highest BCUT2D eigenvalue weighted by atomic mass is 35.5. The normalized spacial score (nSPS) is 14.8. The molecule has 2 amide bonds. The summed E-state index contributed by atoms with van der Waals surface area (Å²) in [5.41, 5.74) is -0.0651. The van der Waals surface area contributed by atoms with Crippen LogP contribution in [0.25, 0.3) is 0 Å². The molecule has 0 aliphatic carbocycles. The number of anilines is 1. The molecule has 0 bridgehead atoms. The van der Waals surface area contributed by atoms with E-state index in [0.717, 1.165) is 0 Å². The molecule has 0 saturated carbocycles. The minimum absolute atomic E-state index is 0.0268. The zero-order chi connectivity index (χ0) is 17.2. The van der Waals surface area contributed by atoms with Gasteiger partial charge in [-0.15, -0.1) is 0 Å². The van der Waals surface area contributed by atoms with E-state index >= 15 is 0 Å². The van der Waals surface area contributed by atoms with Crippen LogP contribution in [0.4, 0.5) is 10.5 Å². The van der Waals surface area contributed by atoms with Gasteiger partial charge in [0.2, 0.25) is 6.79 Å². The Morgan fingerprint density at radius 3 is 2.83 bits per heavy atom. The summed E-state index contributed by atoms with van der Waals surface area (Å²) in [6, 6.07) is 11.6. The Morgan fingerprint density at radius 2 is 2.04 bits per heavy atom. The highest BCUT2D eigenvalue weighted by molar-refractivity contribution is 6.30. The van der Waals surface area contributed by atoms with Gasteiger partial charge in [-0.3, -0.25) is 0 Å². The summed E-state index contributed by atoms with van der Waals surface area (Å²) in [7, 11) is 0. The Balaban J connectivity index is 1.61. The number of amides is 2. The third kappa shape index (κ3) is 3.72. The number of hydrogen-bond donors (Lipinski definition) is 3. The first-order valence-electron chi connectivity index (χ1n) is 7.37. The van der Waals surface area contributed by atoms with Crippen LogP contribution in [-0.2, 0) is 5.60 Å². The van der Waals surface area contributed by atoms with Crippen molar-refractivity contribution in [2.24, 2.45) is 0 Å². The maximum atomic E-state index is 12.0. The fourth-order valence-electron chi connectivity index (χ4n) is 2.33. The average molecular weight is 349 g/mol. The monoisotopic (exact) mass is 348 g/mol. The number of nitrogens with one attached hydrogen (secondary N) is 2. The van der Waals surface area contributed by atoms with Gasteiger partial charge in [0.1, 0.15) is 5.60 Å². The molecule has 3 rings (SSSR count).